The second-order valence-corrected chi connectivity index (χ2v) is 4.89. The Hall–Kier alpha value is -1.06. The summed E-state index contributed by atoms with van der Waals surface area (Å²) in [5.74, 6) is 0.595. The van der Waals surface area contributed by atoms with Crippen molar-refractivity contribution in [1.82, 2.24) is 0 Å². The topological polar surface area (TPSA) is 38.5 Å². The second-order valence-electron chi connectivity index (χ2n) is 4.89. The zero-order chi connectivity index (χ0) is 12.8. The molecule has 0 spiro atoms. The van der Waals surface area contributed by atoms with Gasteiger partial charge in [0.25, 0.3) is 0 Å². The van der Waals surface area contributed by atoms with Crippen molar-refractivity contribution in [2.45, 2.75) is 25.7 Å². The lowest BCUT2D eigenvalue weighted by atomic mass is 9.98. The first-order valence-electron chi connectivity index (χ1n) is 6.98. The number of fused-ring (bicyclic) bond motifs is 1. The van der Waals surface area contributed by atoms with Gasteiger partial charge in [-0.1, -0.05) is 25.1 Å². The fraction of sp³-hybridized carbons (Fsp3) is 0.600. The number of hydrogen-bond acceptors (Lipinski definition) is 3. The molecule has 1 heterocycles. The molecule has 0 saturated heterocycles. The summed E-state index contributed by atoms with van der Waals surface area (Å²) in [5, 5.41) is 0. The number of para-hydroxylation sites is 1. The van der Waals surface area contributed by atoms with E-state index in [0.717, 1.165) is 45.7 Å². The fourth-order valence-corrected chi connectivity index (χ4v) is 2.66. The van der Waals surface area contributed by atoms with Crippen molar-refractivity contribution < 1.29 is 4.74 Å². The molecule has 0 amide bonds. The Morgan fingerprint density at radius 2 is 2.17 bits per heavy atom. The number of ether oxygens (including phenoxy) is 1. The minimum Gasteiger partial charge on any atom is -0.380 e. The van der Waals surface area contributed by atoms with Crippen LogP contribution in [0.4, 0.5) is 5.69 Å². The van der Waals surface area contributed by atoms with Crippen LogP contribution in [0.5, 0.6) is 0 Å². The molecule has 0 aliphatic carbocycles. The van der Waals surface area contributed by atoms with Crippen molar-refractivity contribution >= 4 is 5.69 Å². The molecule has 2 rings (SSSR count). The number of nitrogens with zero attached hydrogens (tertiary/aromatic N) is 1. The molecule has 0 bridgehead atoms. The smallest absolute Gasteiger partial charge is 0.0641 e. The highest BCUT2D eigenvalue weighted by atomic mass is 16.5. The predicted octanol–water partition coefficient (Wildman–Crippen LogP) is 2.37. The summed E-state index contributed by atoms with van der Waals surface area (Å²) < 4.78 is 5.59. The van der Waals surface area contributed by atoms with E-state index in [1.54, 1.807) is 0 Å². The number of rotatable bonds is 7. The Kier molecular flexibility index (Phi) is 5.02. The Labute approximate surface area is 110 Å². The maximum absolute atomic E-state index is 5.71. The third-order valence-corrected chi connectivity index (χ3v) is 3.53. The number of benzene rings is 1. The van der Waals surface area contributed by atoms with E-state index in [4.69, 9.17) is 10.5 Å². The first-order valence-corrected chi connectivity index (χ1v) is 6.98. The van der Waals surface area contributed by atoms with Crippen molar-refractivity contribution in [3.8, 4) is 0 Å². The average molecular weight is 248 g/mol. The van der Waals surface area contributed by atoms with Crippen molar-refractivity contribution in [1.29, 1.82) is 0 Å². The van der Waals surface area contributed by atoms with Gasteiger partial charge in [0, 0.05) is 31.3 Å². The van der Waals surface area contributed by atoms with E-state index in [2.05, 4.69) is 36.1 Å². The van der Waals surface area contributed by atoms with Gasteiger partial charge in [-0.25, -0.2) is 0 Å². The van der Waals surface area contributed by atoms with Crippen LogP contribution in [0.15, 0.2) is 24.3 Å². The Bertz CT molecular complexity index is 367. The zero-order valence-electron chi connectivity index (χ0n) is 11.3. The lowest BCUT2D eigenvalue weighted by Crippen LogP contribution is -2.26. The second kappa shape index (κ2) is 6.76. The molecule has 0 aromatic heterocycles. The number of anilines is 1. The lowest BCUT2D eigenvalue weighted by Gasteiger charge is -2.19. The standard InChI is InChI=1S/C15H24N2O/c1-2-10-18-11-9-17-12-13(7-8-16)14-5-3-4-6-15(14)17/h3-6,13H,2,7-12,16H2,1H3. The van der Waals surface area contributed by atoms with Crippen molar-refractivity contribution in [2.75, 3.05) is 37.7 Å². The summed E-state index contributed by atoms with van der Waals surface area (Å²) >= 11 is 0. The highest BCUT2D eigenvalue weighted by molar-refractivity contribution is 5.60. The van der Waals surface area contributed by atoms with Gasteiger partial charge in [-0.15, -0.1) is 0 Å². The first kappa shape index (κ1) is 13.4. The van der Waals surface area contributed by atoms with Gasteiger partial charge < -0.3 is 15.4 Å². The maximum Gasteiger partial charge on any atom is 0.0641 e. The van der Waals surface area contributed by atoms with Gasteiger partial charge in [0.05, 0.1) is 6.61 Å². The van der Waals surface area contributed by atoms with Crippen LogP contribution >= 0.6 is 0 Å². The molecule has 1 aromatic rings. The van der Waals surface area contributed by atoms with E-state index in [1.165, 1.54) is 11.3 Å². The molecule has 0 saturated carbocycles. The number of nitrogens with two attached hydrogens (primary N) is 1. The van der Waals surface area contributed by atoms with E-state index in [-0.39, 0.29) is 0 Å². The van der Waals surface area contributed by atoms with Crippen LogP contribution in [0.1, 0.15) is 31.2 Å². The monoisotopic (exact) mass is 248 g/mol. The Morgan fingerprint density at radius 1 is 1.33 bits per heavy atom. The Morgan fingerprint density at radius 3 is 2.94 bits per heavy atom. The van der Waals surface area contributed by atoms with Crippen LogP contribution in [-0.4, -0.2) is 32.8 Å². The minimum atomic E-state index is 0.595. The summed E-state index contributed by atoms with van der Waals surface area (Å²) in [4.78, 5) is 2.44. The van der Waals surface area contributed by atoms with Gasteiger partial charge in [0.2, 0.25) is 0 Å². The average Bonchev–Trinajstić information content (AvgIpc) is 2.74. The molecule has 18 heavy (non-hydrogen) atoms. The SMILES string of the molecule is CCCOCCN1CC(CCN)c2ccccc21. The molecule has 0 radical (unpaired) electrons. The third kappa shape index (κ3) is 3.03. The molecule has 1 aromatic carbocycles. The molecule has 2 N–H and O–H groups in total. The quantitative estimate of drug-likeness (QED) is 0.753. The summed E-state index contributed by atoms with van der Waals surface area (Å²) in [7, 11) is 0. The molecular formula is C15H24N2O. The molecule has 1 aliphatic heterocycles. The predicted molar refractivity (Wildman–Crippen MR) is 76.2 cm³/mol. The molecule has 100 valence electrons. The van der Waals surface area contributed by atoms with Gasteiger partial charge in [-0.2, -0.15) is 0 Å². The molecule has 1 aliphatic rings. The highest BCUT2D eigenvalue weighted by Crippen LogP contribution is 2.37. The van der Waals surface area contributed by atoms with Gasteiger partial charge in [-0.3, -0.25) is 0 Å². The molecule has 0 fully saturated rings. The summed E-state index contributed by atoms with van der Waals surface area (Å²) in [5.41, 5.74) is 8.54. The van der Waals surface area contributed by atoms with Crippen LogP contribution in [0.25, 0.3) is 0 Å². The summed E-state index contributed by atoms with van der Waals surface area (Å²) in [6, 6.07) is 8.69. The van der Waals surface area contributed by atoms with Crippen LogP contribution in [0.2, 0.25) is 0 Å². The van der Waals surface area contributed by atoms with Crippen LogP contribution in [-0.2, 0) is 4.74 Å². The first-order chi connectivity index (χ1) is 8.86. The third-order valence-electron chi connectivity index (χ3n) is 3.53. The van der Waals surface area contributed by atoms with Crippen LogP contribution < -0.4 is 10.6 Å². The van der Waals surface area contributed by atoms with Crippen LogP contribution in [0.3, 0.4) is 0 Å². The van der Waals surface area contributed by atoms with Crippen molar-refractivity contribution in [3.63, 3.8) is 0 Å². The normalized spacial score (nSPS) is 18.1. The summed E-state index contributed by atoms with van der Waals surface area (Å²) in [6.07, 6.45) is 2.16. The van der Waals surface area contributed by atoms with Crippen molar-refractivity contribution in [3.05, 3.63) is 29.8 Å². The number of hydrogen-bond donors (Lipinski definition) is 1. The van der Waals surface area contributed by atoms with E-state index < -0.39 is 0 Å². The van der Waals surface area contributed by atoms with E-state index in [0.29, 0.717) is 5.92 Å². The maximum atomic E-state index is 5.71. The van der Waals surface area contributed by atoms with Gasteiger partial charge >= 0.3 is 0 Å². The summed E-state index contributed by atoms with van der Waals surface area (Å²) in [6.45, 7) is 6.66. The van der Waals surface area contributed by atoms with Crippen molar-refractivity contribution in [2.24, 2.45) is 5.73 Å². The molecule has 3 heteroatoms. The Balaban J connectivity index is 1.97. The molecule has 1 atom stereocenters. The molecule has 1 unspecified atom stereocenters. The largest absolute Gasteiger partial charge is 0.380 e. The molecular weight excluding hydrogens is 224 g/mol. The van der Waals surface area contributed by atoms with Gasteiger partial charge in [-0.05, 0) is 31.0 Å². The minimum absolute atomic E-state index is 0.595. The van der Waals surface area contributed by atoms with Gasteiger partial charge in [0.15, 0.2) is 0 Å². The lowest BCUT2D eigenvalue weighted by molar-refractivity contribution is 0.141. The van der Waals surface area contributed by atoms with E-state index in [9.17, 15) is 0 Å². The molecule has 3 nitrogen and oxygen atoms in total. The highest BCUT2D eigenvalue weighted by Gasteiger charge is 2.26. The van der Waals surface area contributed by atoms with Crippen LogP contribution in [0, 0.1) is 0 Å². The van der Waals surface area contributed by atoms with E-state index in [1.807, 2.05) is 0 Å². The van der Waals surface area contributed by atoms with Gasteiger partial charge in [0.1, 0.15) is 0 Å². The van der Waals surface area contributed by atoms with E-state index >= 15 is 0 Å². The fourth-order valence-electron chi connectivity index (χ4n) is 2.66. The zero-order valence-corrected chi connectivity index (χ0v) is 11.3.